The Morgan fingerprint density at radius 2 is 2.11 bits per heavy atom. The quantitative estimate of drug-likeness (QED) is 0.793. The molecular weight excluding hydrogens is 294 g/mol. The van der Waals surface area contributed by atoms with Gasteiger partial charge in [0.05, 0.1) is 22.5 Å². The van der Waals surface area contributed by atoms with Gasteiger partial charge in [-0.05, 0) is 24.3 Å². The molecule has 0 aliphatic rings. The van der Waals surface area contributed by atoms with Gasteiger partial charge in [0.25, 0.3) is 10.0 Å². The fraction of sp³-hybridized carbons (Fsp3) is 0. The third kappa shape index (κ3) is 2.85. The smallest absolute Gasteiger partial charge is 0.337 e. The van der Waals surface area contributed by atoms with Crippen LogP contribution in [0.2, 0.25) is 5.02 Å². The Morgan fingerprint density at radius 3 is 2.63 bits per heavy atom. The van der Waals surface area contributed by atoms with Gasteiger partial charge in [0.15, 0.2) is 5.03 Å². The first kappa shape index (κ1) is 13.4. The standard InChI is InChI=1S/C10H8ClN3O4S/c11-8-5-6(1-2-7(8)10(15)16)14-19(17,18)9-3-4-12-13-9/h1-5,14H,(H,12,13)(H,15,16). The lowest BCUT2D eigenvalue weighted by molar-refractivity contribution is 0.0697. The monoisotopic (exact) mass is 301 g/mol. The molecule has 1 heterocycles. The van der Waals surface area contributed by atoms with Crippen molar-refractivity contribution in [2.45, 2.75) is 5.03 Å². The minimum absolute atomic E-state index is 0.0580. The predicted octanol–water partition coefficient (Wildman–Crippen LogP) is 1.56. The molecule has 0 bridgehead atoms. The van der Waals surface area contributed by atoms with Gasteiger partial charge in [-0.15, -0.1) is 0 Å². The van der Waals surface area contributed by atoms with E-state index in [9.17, 15) is 13.2 Å². The summed E-state index contributed by atoms with van der Waals surface area (Å²) in [6, 6.07) is 5.03. The summed E-state index contributed by atoms with van der Waals surface area (Å²) in [5.74, 6) is -1.19. The summed E-state index contributed by atoms with van der Waals surface area (Å²) in [6.45, 7) is 0. The summed E-state index contributed by atoms with van der Waals surface area (Å²) in [5.41, 5.74) is 0.0516. The number of aromatic nitrogens is 2. The number of nitrogens with zero attached hydrogens (tertiary/aromatic N) is 1. The molecule has 2 aromatic rings. The first-order valence-corrected chi connectivity index (χ1v) is 6.81. The molecule has 0 atom stereocenters. The molecule has 7 nitrogen and oxygen atoms in total. The minimum atomic E-state index is -3.79. The van der Waals surface area contributed by atoms with Gasteiger partial charge in [-0.1, -0.05) is 11.6 Å². The lowest BCUT2D eigenvalue weighted by Gasteiger charge is -2.07. The summed E-state index contributed by atoms with van der Waals surface area (Å²) in [7, 11) is -3.79. The second-order valence-corrected chi connectivity index (χ2v) is 5.58. The number of sulfonamides is 1. The largest absolute Gasteiger partial charge is 0.478 e. The van der Waals surface area contributed by atoms with E-state index in [4.69, 9.17) is 16.7 Å². The molecule has 0 saturated carbocycles. The van der Waals surface area contributed by atoms with Crippen molar-refractivity contribution in [2.24, 2.45) is 0 Å². The first-order valence-electron chi connectivity index (χ1n) is 4.95. The van der Waals surface area contributed by atoms with Gasteiger partial charge < -0.3 is 5.11 Å². The fourth-order valence-electron chi connectivity index (χ4n) is 1.35. The highest BCUT2D eigenvalue weighted by Crippen LogP contribution is 2.22. The van der Waals surface area contributed by atoms with E-state index in [1.165, 1.54) is 30.5 Å². The van der Waals surface area contributed by atoms with Gasteiger partial charge >= 0.3 is 5.97 Å². The summed E-state index contributed by atoms with van der Waals surface area (Å²) in [5, 5.41) is 14.5. The van der Waals surface area contributed by atoms with E-state index < -0.39 is 16.0 Å². The molecule has 1 aromatic heterocycles. The van der Waals surface area contributed by atoms with Crippen molar-refractivity contribution in [1.82, 2.24) is 10.2 Å². The molecule has 0 fully saturated rings. The average molecular weight is 302 g/mol. The van der Waals surface area contributed by atoms with E-state index in [-0.39, 0.29) is 21.3 Å². The van der Waals surface area contributed by atoms with Crippen LogP contribution in [0.3, 0.4) is 0 Å². The van der Waals surface area contributed by atoms with E-state index in [0.29, 0.717) is 0 Å². The molecule has 0 aliphatic carbocycles. The van der Waals surface area contributed by atoms with E-state index in [2.05, 4.69) is 14.9 Å². The maximum atomic E-state index is 11.9. The number of carboxylic acid groups (broad SMARTS) is 1. The summed E-state index contributed by atoms with van der Waals surface area (Å²) < 4.78 is 26.0. The second kappa shape index (κ2) is 4.90. The molecular formula is C10H8ClN3O4S. The van der Waals surface area contributed by atoms with Gasteiger partial charge in [-0.25, -0.2) is 4.79 Å². The number of benzene rings is 1. The predicted molar refractivity (Wildman–Crippen MR) is 67.8 cm³/mol. The van der Waals surface area contributed by atoms with Crippen molar-refractivity contribution in [3.63, 3.8) is 0 Å². The van der Waals surface area contributed by atoms with Crippen molar-refractivity contribution in [3.05, 3.63) is 41.0 Å². The number of hydrogen-bond acceptors (Lipinski definition) is 4. The van der Waals surface area contributed by atoms with Crippen molar-refractivity contribution in [1.29, 1.82) is 0 Å². The second-order valence-electron chi connectivity index (χ2n) is 3.53. The summed E-state index contributed by atoms with van der Waals surface area (Å²) >= 11 is 5.74. The molecule has 0 saturated heterocycles. The molecule has 2 rings (SSSR count). The zero-order chi connectivity index (χ0) is 14.0. The Bertz CT molecular complexity index is 712. The molecule has 0 unspecified atom stereocenters. The molecule has 1 aromatic carbocycles. The van der Waals surface area contributed by atoms with Crippen molar-refractivity contribution in [3.8, 4) is 0 Å². The van der Waals surface area contributed by atoms with E-state index >= 15 is 0 Å². The van der Waals surface area contributed by atoms with E-state index in [0.717, 1.165) is 0 Å². The van der Waals surface area contributed by atoms with Crippen molar-refractivity contribution in [2.75, 3.05) is 4.72 Å². The molecule has 0 amide bonds. The van der Waals surface area contributed by atoms with Crippen LogP contribution in [0.1, 0.15) is 10.4 Å². The molecule has 0 radical (unpaired) electrons. The maximum absolute atomic E-state index is 11.9. The van der Waals surface area contributed by atoms with Gasteiger partial charge in [-0.3, -0.25) is 9.82 Å². The number of halogens is 1. The number of rotatable bonds is 4. The Labute approximate surface area is 113 Å². The number of hydrogen-bond donors (Lipinski definition) is 3. The lowest BCUT2D eigenvalue weighted by Crippen LogP contribution is -2.13. The van der Waals surface area contributed by atoms with Crippen LogP contribution in [0.5, 0.6) is 0 Å². The van der Waals surface area contributed by atoms with Crippen LogP contribution in [0, 0.1) is 0 Å². The number of anilines is 1. The SMILES string of the molecule is O=C(O)c1ccc(NS(=O)(=O)c2ccn[nH]2)cc1Cl. The number of carbonyl (C=O) groups is 1. The maximum Gasteiger partial charge on any atom is 0.337 e. The van der Waals surface area contributed by atoms with Crippen LogP contribution in [0.25, 0.3) is 0 Å². The van der Waals surface area contributed by atoms with Gasteiger partial charge in [0, 0.05) is 0 Å². The number of nitrogens with one attached hydrogen (secondary N) is 2. The van der Waals surface area contributed by atoms with Crippen LogP contribution in [-0.4, -0.2) is 29.7 Å². The van der Waals surface area contributed by atoms with E-state index in [1.54, 1.807) is 0 Å². The zero-order valence-corrected chi connectivity index (χ0v) is 10.9. The van der Waals surface area contributed by atoms with E-state index in [1.807, 2.05) is 0 Å². The minimum Gasteiger partial charge on any atom is -0.478 e. The first-order chi connectivity index (χ1) is 8.90. The highest BCUT2D eigenvalue weighted by atomic mass is 35.5. The van der Waals surface area contributed by atoms with Crippen LogP contribution in [-0.2, 0) is 10.0 Å². The third-order valence-electron chi connectivity index (χ3n) is 2.22. The van der Waals surface area contributed by atoms with Gasteiger partial charge in [-0.2, -0.15) is 13.5 Å². The highest BCUT2D eigenvalue weighted by Gasteiger charge is 2.17. The molecule has 0 aliphatic heterocycles. The molecule has 0 spiro atoms. The molecule has 100 valence electrons. The Balaban J connectivity index is 2.30. The zero-order valence-electron chi connectivity index (χ0n) is 9.29. The highest BCUT2D eigenvalue weighted by molar-refractivity contribution is 7.92. The molecule has 9 heteroatoms. The van der Waals surface area contributed by atoms with Crippen molar-refractivity contribution < 1.29 is 18.3 Å². The van der Waals surface area contributed by atoms with Crippen LogP contribution < -0.4 is 4.72 Å². The normalized spacial score (nSPS) is 11.2. The third-order valence-corrected chi connectivity index (χ3v) is 3.84. The topological polar surface area (TPSA) is 112 Å². The number of carboxylic acids is 1. The van der Waals surface area contributed by atoms with Crippen LogP contribution in [0.4, 0.5) is 5.69 Å². The average Bonchev–Trinajstić information content (AvgIpc) is 2.81. The fourth-order valence-corrected chi connectivity index (χ4v) is 2.58. The Hall–Kier alpha value is -2.06. The van der Waals surface area contributed by atoms with Crippen LogP contribution >= 0.6 is 11.6 Å². The number of aromatic amines is 1. The Morgan fingerprint density at radius 1 is 1.37 bits per heavy atom. The van der Waals surface area contributed by atoms with Gasteiger partial charge in [0.2, 0.25) is 0 Å². The molecule has 3 N–H and O–H groups in total. The summed E-state index contributed by atoms with van der Waals surface area (Å²) in [6.07, 6.45) is 1.30. The molecule has 19 heavy (non-hydrogen) atoms. The lowest BCUT2D eigenvalue weighted by atomic mass is 10.2. The number of aromatic carboxylic acids is 1. The van der Waals surface area contributed by atoms with Gasteiger partial charge in [0.1, 0.15) is 0 Å². The summed E-state index contributed by atoms with van der Waals surface area (Å²) in [4.78, 5) is 10.8. The van der Waals surface area contributed by atoms with Crippen molar-refractivity contribution >= 4 is 33.3 Å². The van der Waals surface area contributed by atoms with Crippen LogP contribution in [0.15, 0.2) is 35.5 Å². The number of H-pyrrole nitrogens is 1. The Kier molecular flexibility index (Phi) is 3.45.